The first-order valence-corrected chi connectivity index (χ1v) is 8.55. The maximum atomic E-state index is 12.3. The molecule has 2 N–H and O–H groups in total. The van der Waals surface area contributed by atoms with Crippen molar-refractivity contribution in [2.24, 2.45) is 0 Å². The predicted molar refractivity (Wildman–Crippen MR) is 102 cm³/mol. The van der Waals surface area contributed by atoms with E-state index in [1.165, 1.54) is 0 Å². The lowest BCUT2D eigenvalue weighted by Crippen LogP contribution is -2.28. The van der Waals surface area contributed by atoms with Crippen LogP contribution in [0.4, 0.5) is 11.5 Å². The third-order valence-corrected chi connectivity index (χ3v) is 3.84. The molecule has 0 spiro atoms. The molecule has 0 atom stereocenters. The van der Waals surface area contributed by atoms with Crippen molar-refractivity contribution in [1.29, 1.82) is 0 Å². The predicted octanol–water partition coefficient (Wildman–Crippen LogP) is 3.17. The van der Waals surface area contributed by atoms with E-state index in [2.05, 4.69) is 25.5 Å². The van der Waals surface area contributed by atoms with Crippen molar-refractivity contribution in [3.05, 3.63) is 46.4 Å². The molecule has 134 valence electrons. The molecular formula is C18H24ClN5O. The van der Waals surface area contributed by atoms with Crippen LogP contribution >= 0.6 is 11.6 Å². The second kappa shape index (κ2) is 8.78. The van der Waals surface area contributed by atoms with Crippen LogP contribution in [0.15, 0.2) is 24.3 Å². The van der Waals surface area contributed by atoms with E-state index < -0.39 is 0 Å². The lowest BCUT2D eigenvalue weighted by Gasteiger charge is -2.12. The summed E-state index contributed by atoms with van der Waals surface area (Å²) in [4.78, 5) is 23.0. The van der Waals surface area contributed by atoms with Crippen molar-refractivity contribution in [2.75, 3.05) is 32.5 Å². The summed E-state index contributed by atoms with van der Waals surface area (Å²) in [5, 5.41) is 6.73. The number of aryl methyl sites for hydroxylation is 2. The van der Waals surface area contributed by atoms with Gasteiger partial charge in [0.15, 0.2) is 0 Å². The van der Waals surface area contributed by atoms with Gasteiger partial charge in [-0.3, -0.25) is 4.79 Å². The summed E-state index contributed by atoms with van der Waals surface area (Å²) in [5.41, 5.74) is 2.23. The Hall–Kier alpha value is -2.18. The monoisotopic (exact) mass is 361 g/mol. The van der Waals surface area contributed by atoms with Crippen LogP contribution in [0, 0.1) is 13.8 Å². The van der Waals surface area contributed by atoms with Crippen LogP contribution in [0.25, 0.3) is 0 Å². The molecule has 25 heavy (non-hydrogen) atoms. The van der Waals surface area contributed by atoms with Gasteiger partial charge in [-0.2, -0.15) is 0 Å². The molecule has 0 bridgehead atoms. The number of aromatic nitrogens is 2. The number of hydrogen-bond donors (Lipinski definition) is 2. The molecule has 1 heterocycles. The Bertz CT molecular complexity index is 748. The normalized spacial score (nSPS) is 10.8. The number of halogens is 1. The van der Waals surface area contributed by atoms with E-state index in [-0.39, 0.29) is 5.91 Å². The summed E-state index contributed by atoms with van der Waals surface area (Å²) in [6.07, 6.45) is 0.885. The van der Waals surface area contributed by atoms with E-state index in [1.54, 1.807) is 13.0 Å². The number of nitrogens with zero attached hydrogens (tertiary/aromatic N) is 3. The zero-order chi connectivity index (χ0) is 18.4. The highest BCUT2D eigenvalue weighted by Crippen LogP contribution is 2.23. The molecule has 0 aliphatic carbocycles. The van der Waals surface area contributed by atoms with Crippen LogP contribution in [-0.2, 0) is 0 Å². The standard InChI is InChI=1S/C18H24ClN5O/c1-12-6-7-14(19)10-15(12)23-17-11-16(21-13(2)22-17)18(25)20-8-5-9-24(3)4/h6-7,10-11H,5,8-9H2,1-4H3,(H,20,25)(H,21,22,23). The second-order valence-corrected chi connectivity index (χ2v) is 6.62. The number of benzene rings is 1. The molecule has 2 aromatic rings. The van der Waals surface area contributed by atoms with E-state index in [0.717, 1.165) is 24.2 Å². The summed E-state index contributed by atoms with van der Waals surface area (Å²) in [6, 6.07) is 7.24. The van der Waals surface area contributed by atoms with Gasteiger partial charge in [0.1, 0.15) is 17.3 Å². The molecule has 0 saturated heterocycles. The van der Waals surface area contributed by atoms with E-state index in [0.29, 0.717) is 28.9 Å². The lowest BCUT2D eigenvalue weighted by atomic mass is 10.2. The molecule has 0 radical (unpaired) electrons. The van der Waals surface area contributed by atoms with Crippen molar-refractivity contribution in [2.45, 2.75) is 20.3 Å². The zero-order valence-electron chi connectivity index (χ0n) is 15.1. The molecule has 0 saturated carbocycles. The summed E-state index contributed by atoms with van der Waals surface area (Å²) in [6.45, 7) is 5.27. The van der Waals surface area contributed by atoms with Crippen molar-refractivity contribution in [3.8, 4) is 0 Å². The smallest absolute Gasteiger partial charge is 0.270 e. The Balaban J connectivity index is 2.09. The first-order valence-electron chi connectivity index (χ1n) is 8.17. The molecule has 6 nitrogen and oxygen atoms in total. The van der Waals surface area contributed by atoms with Crippen molar-refractivity contribution >= 4 is 29.0 Å². The van der Waals surface area contributed by atoms with Gasteiger partial charge in [-0.05, 0) is 58.6 Å². The van der Waals surface area contributed by atoms with Gasteiger partial charge in [0, 0.05) is 23.3 Å². The van der Waals surface area contributed by atoms with E-state index >= 15 is 0 Å². The molecule has 0 aliphatic rings. The van der Waals surface area contributed by atoms with Crippen molar-refractivity contribution in [3.63, 3.8) is 0 Å². The fraction of sp³-hybridized carbons (Fsp3) is 0.389. The Morgan fingerprint density at radius 2 is 1.96 bits per heavy atom. The average Bonchev–Trinajstić information content (AvgIpc) is 2.54. The highest BCUT2D eigenvalue weighted by Gasteiger charge is 2.11. The minimum Gasteiger partial charge on any atom is -0.351 e. The number of rotatable bonds is 7. The lowest BCUT2D eigenvalue weighted by molar-refractivity contribution is 0.0947. The number of anilines is 2. The Labute approximate surface area is 153 Å². The molecular weight excluding hydrogens is 338 g/mol. The molecule has 0 unspecified atom stereocenters. The number of hydrogen-bond acceptors (Lipinski definition) is 5. The zero-order valence-corrected chi connectivity index (χ0v) is 15.8. The Morgan fingerprint density at radius 3 is 2.68 bits per heavy atom. The van der Waals surface area contributed by atoms with Gasteiger partial charge in [0.2, 0.25) is 0 Å². The number of amides is 1. The van der Waals surface area contributed by atoms with Gasteiger partial charge in [-0.1, -0.05) is 17.7 Å². The summed E-state index contributed by atoms with van der Waals surface area (Å²) in [5.74, 6) is 0.898. The van der Waals surface area contributed by atoms with E-state index in [1.807, 2.05) is 39.2 Å². The minimum absolute atomic E-state index is 0.199. The van der Waals surface area contributed by atoms with Crippen molar-refractivity contribution in [1.82, 2.24) is 20.2 Å². The molecule has 1 aromatic carbocycles. The number of nitrogens with one attached hydrogen (secondary N) is 2. The van der Waals surface area contributed by atoms with Gasteiger partial charge < -0.3 is 15.5 Å². The van der Waals surface area contributed by atoms with Gasteiger partial charge in [-0.25, -0.2) is 9.97 Å². The largest absolute Gasteiger partial charge is 0.351 e. The highest BCUT2D eigenvalue weighted by molar-refractivity contribution is 6.30. The second-order valence-electron chi connectivity index (χ2n) is 6.18. The van der Waals surface area contributed by atoms with Crippen LogP contribution in [-0.4, -0.2) is 48.0 Å². The maximum Gasteiger partial charge on any atom is 0.270 e. The van der Waals surface area contributed by atoms with Crippen LogP contribution < -0.4 is 10.6 Å². The Kier molecular flexibility index (Phi) is 6.73. The third kappa shape index (κ3) is 5.99. The number of carbonyl (C=O) groups excluding carboxylic acids is 1. The van der Waals surface area contributed by atoms with Crippen LogP contribution in [0.5, 0.6) is 0 Å². The Morgan fingerprint density at radius 1 is 1.20 bits per heavy atom. The molecule has 1 amide bonds. The van der Waals surface area contributed by atoms with Crippen LogP contribution in [0.2, 0.25) is 5.02 Å². The maximum absolute atomic E-state index is 12.3. The summed E-state index contributed by atoms with van der Waals surface area (Å²) < 4.78 is 0. The topological polar surface area (TPSA) is 70.2 Å². The average molecular weight is 362 g/mol. The fourth-order valence-corrected chi connectivity index (χ4v) is 2.47. The van der Waals surface area contributed by atoms with E-state index in [4.69, 9.17) is 11.6 Å². The third-order valence-electron chi connectivity index (χ3n) is 3.60. The highest BCUT2D eigenvalue weighted by atomic mass is 35.5. The molecule has 0 aliphatic heterocycles. The number of carbonyl (C=O) groups is 1. The molecule has 7 heteroatoms. The van der Waals surface area contributed by atoms with E-state index in [9.17, 15) is 4.79 Å². The first-order chi connectivity index (χ1) is 11.8. The van der Waals surface area contributed by atoms with Crippen LogP contribution in [0.3, 0.4) is 0 Å². The minimum atomic E-state index is -0.199. The molecule has 2 rings (SSSR count). The van der Waals surface area contributed by atoms with Crippen molar-refractivity contribution < 1.29 is 4.79 Å². The van der Waals surface area contributed by atoms with Gasteiger partial charge in [-0.15, -0.1) is 0 Å². The van der Waals surface area contributed by atoms with Crippen LogP contribution in [0.1, 0.15) is 28.3 Å². The molecule has 1 aromatic heterocycles. The SMILES string of the molecule is Cc1nc(Nc2cc(Cl)ccc2C)cc(C(=O)NCCCN(C)C)n1. The van der Waals surface area contributed by atoms with Gasteiger partial charge >= 0.3 is 0 Å². The quantitative estimate of drug-likeness (QED) is 0.741. The first kappa shape index (κ1) is 19.1. The van der Waals surface area contributed by atoms with Gasteiger partial charge in [0.05, 0.1) is 0 Å². The molecule has 0 fully saturated rings. The van der Waals surface area contributed by atoms with Gasteiger partial charge in [0.25, 0.3) is 5.91 Å². The summed E-state index contributed by atoms with van der Waals surface area (Å²) >= 11 is 6.05. The fourth-order valence-electron chi connectivity index (χ4n) is 2.30. The summed E-state index contributed by atoms with van der Waals surface area (Å²) in [7, 11) is 4.01.